The van der Waals surface area contributed by atoms with E-state index < -0.39 is 185 Å². The maximum absolute atomic E-state index is 14.1. The van der Waals surface area contributed by atoms with Crippen LogP contribution >= 0.6 is 7.82 Å². The van der Waals surface area contributed by atoms with E-state index in [-0.39, 0.29) is 216 Å². The molecule has 0 aromatic carbocycles. The van der Waals surface area contributed by atoms with Crippen LogP contribution in [-0.2, 0) is 104 Å². The van der Waals surface area contributed by atoms with Crippen molar-refractivity contribution in [3.8, 4) is 0 Å². The van der Waals surface area contributed by atoms with Crippen LogP contribution in [-0.4, -0.2) is 367 Å². The summed E-state index contributed by atoms with van der Waals surface area (Å²) in [7, 11) is -5.02. The van der Waals surface area contributed by atoms with Crippen molar-refractivity contribution >= 4 is 72.8 Å². The number of aliphatic hydroxyl groups excluding tert-OH is 10. The molecule has 11 amide bonds. The second-order valence-corrected chi connectivity index (χ2v) is 32.6. The molecule has 4 aliphatic heterocycles. The molecule has 0 bridgehead atoms. The van der Waals surface area contributed by atoms with E-state index in [9.17, 15) is 113 Å². The molecule has 0 saturated carbocycles. The predicted octanol–water partition coefficient (Wildman–Crippen LogP) is -9.34. The third kappa shape index (κ3) is 47.3. The topological polar surface area (TPSA) is 666 Å². The monoisotopic (exact) mass is 1830 g/mol. The molecule has 0 aromatic heterocycles. The Morgan fingerprint density at radius 1 is 0.400 bits per heavy atom. The van der Waals surface area contributed by atoms with Crippen LogP contribution in [0, 0.1) is 0 Å². The summed E-state index contributed by atoms with van der Waals surface area (Å²) in [6, 6.07) is -4.02. The number of amides is 11. The van der Waals surface area contributed by atoms with E-state index >= 15 is 0 Å². The number of likely N-dealkylation sites (tertiary alicyclic amines) is 1. The number of rotatable bonds is 66. The average Bonchev–Trinajstić information content (AvgIpc) is 1.42. The number of nitrogens with zero attached hydrogens (tertiary/aromatic N) is 1. The van der Waals surface area contributed by atoms with Crippen molar-refractivity contribution in [2.24, 2.45) is 0 Å². The number of β-amino-alcohol motifs (C(OH)–C–C–N with tert-alkyl or cyclic N) is 1. The Balaban J connectivity index is 0.0000403. The maximum atomic E-state index is 14.1. The van der Waals surface area contributed by atoms with Crippen LogP contribution in [0.25, 0.3) is 0 Å². The van der Waals surface area contributed by atoms with E-state index in [4.69, 9.17) is 47.5 Å². The van der Waals surface area contributed by atoms with Gasteiger partial charge in [-0.15, -0.1) is 0 Å². The summed E-state index contributed by atoms with van der Waals surface area (Å²) in [5, 5.41) is 128. The summed E-state index contributed by atoms with van der Waals surface area (Å²) in [5.41, 5.74) is -1.47. The van der Waals surface area contributed by atoms with Crippen LogP contribution in [0.1, 0.15) is 188 Å². The van der Waals surface area contributed by atoms with E-state index in [0.29, 0.717) is 77.0 Å². The molecular weight excluding hydrogens is 1690 g/mol. The van der Waals surface area contributed by atoms with Crippen molar-refractivity contribution in [3.05, 3.63) is 0 Å². The molecule has 0 radical (unpaired) electrons. The van der Waals surface area contributed by atoms with Crippen LogP contribution < -0.4 is 87.6 Å². The van der Waals surface area contributed by atoms with E-state index in [1.807, 2.05) is 0 Å². The first kappa shape index (κ1) is 114. The Kier molecular flexibility index (Phi) is 58.5. The first-order valence-electron chi connectivity index (χ1n) is 43.0. The first-order valence-corrected chi connectivity index (χ1v) is 44.5. The fourth-order valence-corrected chi connectivity index (χ4v) is 14.3. The van der Waals surface area contributed by atoms with Crippen molar-refractivity contribution in [2.75, 3.05) is 132 Å². The number of unbranched alkanes of at least 4 members (excludes halogenated alkanes) is 10. The van der Waals surface area contributed by atoms with Gasteiger partial charge in [-0.2, -0.15) is 0 Å². The summed E-state index contributed by atoms with van der Waals surface area (Å²) < 4.78 is 67.8. The normalized spacial score (nSPS) is 24.8. The Bertz CT molecular complexity index is 2960. The predicted molar refractivity (Wildman–Crippen MR) is 433 cm³/mol. The molecule has 1 unspecified atom stereocenters. The molecule has 4 aliphatic rings. The molecule has 21 N–H and O–H groups in total. The second-order valence-electron chi connectivity index (χ2n) is 31.4. The van der Waals surface area contributed by atoms with Crippen molar-refractivity contribution in [3.63, 3.8) is 0 Å². The molecule has 4 fully saturated rings. The Morgan fingerprint density at radius 2 is 0.688 bits per heavy atom. The van der Waals surface area contributed by atoms with Gasteiger partial charge < -0.3 is 166 Å². The van der Waals surface area contributed by atoms with Crippen LogP contribution in [0.4, 0.5) is 0 Å². The minimum Gasteiger partial charge on any atom is -0.756 e. The molecule has 0 aromatic rings. The summed E-state index contributed by atoms with van der Waals surface area (Å²) >= 11 is 0. The number of nitrogens with one attached hydrogen (secondary N) is 10. The summed E-state index contributed by atoms with van der Waals surface area (Å²) in [4.78, 5) is 161. The minimum absolute atomic E-state index is 0. The smallest absolute Gasteiger partial charge is 0.756 e. The molecule has 18 atom stereocenters. The number of phosphoric ester groups is 1. The van der Waals surface area contributed by atoms with Gasteiger partial charge in [0.15, 0.2) is 18.9 Å². The van der Waals surface area contributed by atoms with Crippen LogP contribution in [0.2, 0.25) is 0 Å². The van der Waals surface area contributed by atoms with Gasteiger partial charge in [-0.3, -0.25) is 57.3 Å². The molecular formula is C78H139N11NaO34P. The zero-order valence-corrected chi connectivity index (χ0v) is 75.4. The molecule has 4 saturated heterocycles. The fourth-order valence-electron chi connectivity index (χ4n) is 14.0. The number of hydrogen-bond acceptors (Lipinski definition) is 33. The largest absolute Gasteiger partial charge is 1.00 e. The third-order valence-corrected chi connectivity index (χ3v) is 21.1. The zero-order valence-electron chi connectivity index (χ0n) is 72.5. The minimum atomic E-state index is -5.02. The van der Waals surface area contributed by atoms with Gasteiger partial charge in [0.25, 0.3) is 7.82 Å². The first-order chi connectivity index (χ1) is 59.2. The van der Waals surface area contributed by atoms with Crippen molar-refractivity contribution in [2.45, 2.75) is 297 Å². The molecule has 125 heavy (non-hydrogen) atoms. The van der Waals surface area contributed by atoms with Gasteiger partial charge in [-0.25, -0.2) is 0 Å². The SMILES string of the molecule is CC(=O)N[C@H]1[C@H](OCCCCC(=O)NCCCNC(=O)CCOCC(COCCC(=O)NCCCNC(=O)CCCCO[C@@H]2O[C@H](CO)[C@H](O)[C@H](O)[C@H]2NC(C)=O)(COCCC(=O)NCCCNC(=O)CCCCO[C@@H]2O[C@H](CO)[C@H](O)[C@H](O)[C@H]2NC(C)=O)NC(=O)CCCCCCCCCCC(=O)N2C[C@H](O)C[C@H]2COP(=O)([O-])O)O[C@H](CO)[C@H](O)[C@@H]1O.[Na+]. The summed E-state index contributed by atoms with van der Waals surface area (Å²) in [5.74, 6) is -4.18. The molecule has 47 heteroatoms. The number of ether oxygens (including phenoxy) is 9. The number of carbonyl (C=O) groups is 11. The Hall–Kier alpha value is -5.48. The van der Waals surface area contributed by atoms with E-state index in [1.54, 1.807) is 0 Å². The molecule has 0 aliphatic carbocycles. The summed E-state index contributed by atoms with van der Waals surface area (Å²) in [6.07, 6.45) is -7.31. The third-order valence-electron chi connectivity index (χ3n) is 20.6. The number of phosphoric acid groups is 1. The summed E-state index contributed by atoms with van der Waals surface area (Å²) in [6.45, 7) is 1.50. The van der Waals surface area contributed by atoms with E-state index in [2.05, 4.69) is 57.7 Å². The van der Waals surface area contributed by atoms with E-state index in [1.165, 1.54) is 25.7 Å². The van der Waals surface area contributed by atoms with Gasteiger partial charge in [-0.05, 0) is 77.0 Å². The van der Waals surface area contributed by atoms with Crippen molar-refractivity contribution in [1.82, 2.24) is 58.1 Å². The van der Waals surface area contributed by atoms with Gasteiger partial charge in [0.05, 0.1) is 78.2 Å². The quantitative estimate of drug-likeness (QED) is 0.0153. The molecule has 4 rings (SSSR count). The van der Waals surface area contributed by atoms with Crippen LogP contribution in [0.3, 0.4) is 0 Å². The van der Waals surface area contributed by atoms with Gasteiger partial charge in [0.1, 0.15) is 78.6 Å². The second kappa shape index (κ2) is 64.3. The van der Waals surface area contributed by atoms with Gasteiger partial charge in [-0.1, -0.05) is 38.5 Å². The molecule has 716 valence electrons. The number of aliphatic hydroxyl groups is 10. The molecule has 45 nitrogen and oxygen atoms in total. The fraction of sp³-hybridized carbons (Fsp3) is 0.859. The number of carbonyl (C=O) groups excluding carboxylic acids is 11. The Morgan fingerprint density at radius 3 is 0.992 bits per heavy atom. The van der Waals surface area contributed by atoms with E-state index in [0.717, 1.165) is 32.1 Å². The van der Waals surface area contributed by atoms with Crippen LogP contribution in [0.5, 0.6) is 0 Å². The van der Waals surface area contributed by atoms with Crippen molar-refractivity contribution in [1.29, 1.82) is 0 Å². The van der Waals surface area contributed by atoms with Gasteiger partial charge in [0, 0.05) is 138 Å². The standard InChI is InChI=1S/C78H140N11O34P.Na/c1-50(93)85-66-72(108)69(105)55(43-90)121-75(66)117-35-15-12-21-58(97)79-29-18-32-82-61(100)26-38-114-47-78(88-64(103)24-10-8-6-4-5-7-9-11-25-65(104)89-42-54(96)41-53(89)46-120-124(111,112)113,48-115-39-27-62(101)83-33-19-30-80-59(98)22-13-16-36-118-76-67(86-51(2)94)73(109)70(106)56(44-91)122-76)49-116-40-28-63(102)84-34-20-31-81-60(99)23-14-17-37-119-77-68(87-52(3)95)74(110)71(107)57(45-92)123-77;/h53-57,66-77,90-92,96,105-110H,4-49H2,1-3H3,(H,79,97)(H,80,98)(H,81,99)(H,82,100)(H,83,101)(H,84,102)(H,85,93)(H,86,94)(H,87,95)(H,88,103)(H2,111,112,113);/q;+1/p-1/t53-,54+,55+,56+,57+,66+,67+,68+,69-,70-,71-,72+,73+,74+,75+,76+,77+;/m0./s1. The average molecular weight is 1830 g/mol. The maximum Gasteiger partial charge on any atom is 1.00 e. The zero-order chi connectivity index (χ0) is 91.4. The molecule has 4 heterocycles. The van der Waals surface area contributed by atoms with Gasteiger partial charge >= 0.3 is 29.6 Å². The molecule has 0 spiro atoms. The van der Waals surface area contributed by atoms with Crippen LogP contribution in [0.15, 0.2) is 0 Å². The van der Waals surface area contributed by atoms with Gasteiger partial charge in [0.2, 0.25) is 65.0 Å². The number of hydrogen-bond donors (Lipinski definition) is 21. The van der Waals surface area contributed by atoms with Crippen molar-refractivity contribution < 1.29 is 195 Å². The Labute approximate surface area is 750 Å².